The lowest BCUT2D eigenvalue weighted by Crippen LogP contribution is -2.51. The molecule has 1 amide bonds. The SMILES string of the molecule is N[C@@H]1CCC(N2CC[C@H](N)C2=O)[C@H](C(=O)O)C1. The Kier molecular flexibility index (Phi) is 3.35. The predicted octanol–water partition coefficient (Wildman–Crippen LogP) is -0.873. The van der Waals surface area contributed by atoms with Gasteiger partial charge in [0.25, 0.3) is 0 Å². The van der Waals surface area contributed by atoms with Gasteiger partial charge in [-0.25, -0.2) is 0 Å². The molecule has 0 aromatic rings. The van der Waals surface area contributed by atoms with Gasteiger partial charge < -0.3 is 21.5 Å². The average Bonchev–Trinajstić information content (AvgIpc) is 2.60. The topological polar surface area (TPSA) is 110 Å². The van der Waals surface area contributed by atoms with Crippen LogP contribution in [0.5, 0.6) is 0 Å². The third-order valence-electron chi connectivity index (χ3n) is 3.85. The molecule has 2 aliphatic rings. The maximum atomic E-state index is 11.8. The quantitative estimate of drug-likeness (QED) is 0.582. The standard InChI is InChI=1S/C11H19N3O3/c12-6-1-2-9(7(5-6)11(16)17)14-4-3-8(13)10(14)15/h6-9H,1-5,12-13H2,(H,16,17)/t6-,7-,8+,9?/m1/s1. The highest BCUT2D eigenvalue weighted by Gasteiger charge is 2.42. The maximum absolute atomic E-state index is 11.8. The summed E-state index contributed by atoms with van der Waals surface area (Å²) in [6, 6.07) is -0.757. The van der Waals surface area contributed by atoms with Crippen molar-refractivity contribution in [1.29, 1.82) is 0 Å². The Balaban J connectivity index is 2.13. The summed E-state index contributed by atoms with van der Waals surface area (Å²) < 4.78 is 0. The highest BCUT2D eigenvalue weighted by atomic mass is 16.4. The summed E-state index contributed by atoms with van der Waals surface area (Å²) in [4.78, 5) is 24.7. The van der Waals surface area contributed by atoms with Crippen LogP contribution in [0, 0.1) is 5.92 Å². The Bertz CT molecular complexity index is 332. The highest BCUT2D eigenvalue weighted by Crippen LogP contribution is 2.30. The molecule has 0 aromatic heterocycles. The number of hydrogen-bond donors (Lipinski definition) is 3. The van der Waals surface area contributed by atoms with E-state index in [1.54, 1.807) is 4.90 Å². The second kappa shape index (κ2) is 4.62. The largest absolute Gasteiger partial charge is 0.481 e. The molecule has 0 spiro atoms. The number of hydrogen-bond acceptors (Lipinski definition) is 4. The van der Waals surface area contributed by atoms with E-state index in [9.17, 15) is 14.7 Å². The van der Waals surface area contributed by atoms with E-state index in [0.29, 0.717) is 25.8 Å². The van der Waals surface area contributed by atoms with Crippen molar-refractivity contribution in [3.63, 3.8) is 0 Å². The van der Waals surface area contributed by atoms with E-state index in [2.05, 4.69) is 0 Å². The molecule has 5 N–H and O–H groups in total. The van der Waals surface area contributed by atoms with Crippen LogP contribution in [0.25, 0.3) is 0 Å². The lowest BCUT2D eigenvalue weighted by atomic mass is 9.81. The molecule has 1 saturated carbocycles. The number of carbonyl (C=O) groups excluding carboxylic acids is 1. The smallest absolute Gasteiger partial charge is 0.308 e. The van der Waals surface area contributed by atoms with Gasteiger partial charge >= 0.3 is 5.97 Å². The number of carboxylic acids is 1. The predicted molar refractivity (Wildman–Crippen MR) is 61.0 cm³/mol. The second-order valence-electron chi connectivity index (χ2n) is 5.01. The van der Waals surface area contributed by atoms with Crippen molar-refractivity contribution < 1.29 is 14.7 Å². The molecular weight excluding hydrogens is 222 g/mol. The minimum absolute atomic E-state index is 0.0706. The van der Waals surface area contributed by atoms with E-state index < -0.39 is 17.9 Å². The first-order chi connectivity index (χ1) is 8.00. The minimum atomic E-state index is -0.863. The maximum Gasteiger partial charge on any atom is 0.308 e. The highest BCUT2D eigenvalue weighted by molar-refractivity contribution is 5.84. The third-order valence-corrected chi connectivity index (χ3v) is 3.85. The number of nitrogens with zero attached hydrogens (tertiary/aromatic N) is 1. The number of amides is 1. The van der Waals surface area contributed by atoms with E-state index in [1.165, 1.54) is 0 Å². The van der Waals surface area contributed by atoms with Gasteiger partial charge in [-0.15, -0.1) is 0 Å². The van der Waals surface area contributed by atoms with E-state index in [4.69, 9.17) is 11.5 Å². The summed E-state index contributed by atoms with van der Waals surface area (Å²) in [7, 11) is 0. The molecule has 1 unspecified atom stereocenters. The number of carbonyl (C=O) groups is 2. The molecule has 96 valence electrons. The van der Waals surface area contributed by atoms with Crippen LogP contribution in [0.15, 0.2) is 0 Å². The first-order valence-electron chi connectivity index (χ1n) is 6.05. The third kappa shape index (κ3) is 2.28. The summed E-state index contributed by atoms with van der Waals surface area (Å²) in [5.41, 5.74) is 11.5. The van der Waals surface area contributed by atoms with Crippen LogP contribution in [-0.4, -0.2) is 46.6 Å². The Morgan fingerprint density at radius 3 is 2.53 bits per heavy atom. The van der Waals surface area contributed by atoms with Crippen LogP contribution >= 0.6 is 0 Å². The molecule has 1 heterocycles. The molecule has 0 aromatic carbocycles. The zero-order chi connectivity index (χ0) is 12.6. The van der Waals surface area contributed by atoms with Crippen molar-refractivity contribution in [1.82, 2.24) is 4.90 Å². The van der Waals surface area contributed by atoms with Crippen molar-refractivity contribution in [2.24, 2.45) is 17.4 Å². The number of aliphatic carboxylic acids is 1. The van der Waals surface area contributed by atoms with Gasteiger partial charge in [-0.3, -0.25) is 9.59 Å². The van der Waals surface area contributed by atoms with Crippen LogP contribution in [-0.2, 0) is 9.59 Å². The molecule has 0 bridgehead atoms. The van der Waals surface area contributed by atoms with Crippen molar-refractivity contribution in [2.75, 3.05) is 6.54 Å². The number of rotatable bonds is 2. The fourth-order valence-corrected chi connectivity index (χ4v) is 2.88. The van der Waals surface area contributed by atoms with Crippen molar-refractivity contribution >= 4 is 11.9 Å². The molecule has 6 nitrogen and oxygen atoms in total. The fourth-order valence-electron chi connectivity index (χ4n) is 2.88. The zero-order valence-corrected chi connectivity index (χ0v) is 9.71. The van der Waals surface area contributed by atoms with Crippen LogP contribution in [0.4, 0.5) is 0 Å². The Morgan fingerprint density at radius 1 is 1.29 bits per heavy atom. The Morgan fingerprint density at radius 2 is 2.00 bits per heavy atom. The van der Waals surface area contributed by atoms with Gasteiger partial charge in [-0.2, -0.15) is 0 Å². The van der Waals surface area contributed by atoms with Crippen molar-refractivity contribution in [3.05, 3.63) is 0 Å². The van der Waals surface area contributed by atoms with Gasteiger partial charge in [0.1, 0.15) is 0 Å². The molecule has 17 heavy (non-hydrogen) atoms. The molecule has 0 radical (unpaired) electrons. The molecule has 2 fully saturated rings. The van der Waals surface area contributed by atoms with Gasteiger partial charge in [0.15, 0.2) is 0 Å². The first kappa shape index (κ1) is 12.3. The van der Waals surface area contributed by atoms with E-state index in [-0.39, 0.29) is 18.0 Å². The van der Waals surface area contributed by atoms with E-state index >= 15 is 0 Å². The average molecular weight is 241 g/mol. The van der Waals surface area contributed by atoms with Crippen LogP contribution in [0.3, 0.4) is 0 Å². The molecule has 1 aliphatic heterocycles. The zero-order valence-electron chi connectivity index (χ0n) is 9.71. The molecule has 2 rings (SSSR count). The molecule has 4 atom stereocenters. The summed E-state index contributed by atoms with van der Waals surface area (Å²) >= 11 is 0. The summed E-state index contributed by atoms with van der Waals surface area (Å²) in [6.45, 7) is 0.573. The van der Waals surface area contributed by atoms with Gasteiger partial charge in [0.2, 0.25) is 5.91 Å². The van der Waals surface area contributed by atoms with Crippen LogP contribution < -0.4 is 11.5 Å². The molecule has 1 aliphatic carbocycles. The van der Waals surface area contributed by atoms with E-state index in [0.717, 1.165) is 6.42 Å². The minimum Gasteiger partial charge on any atom is -0.481 e. The summed E-state index contributed by atoms with van der Waals surface area (Å²) in [5, 5.41) is 9.21. The second-order valence-corrected chi connectivity index (χ2v) is 5.01. The van der Waals surface area contributed by atoms with Crippen LogP contribution in [0.1, 0.15) is 25.7 Å². The van der Waals surface area contributed by atoms with Crippen molar-refractivity contribution in [2.45, 2.75) is 43.8 Å². The van der Waals surface area contributed by atoms with Gasteiger partial charge in [-0.1, -0.05) is 0 Å². The van der Waals surface area contributed by atoms with E-state index in [1.807, 2.05) is 0 Å². The Labute approximate surface area is 99.9 Å². The molecular formula is C11H19N3O3. The van der Waals surface area contributed by atoms with Crippen LogP contribution in [0.2, 0.25) is 0 Å². The lowest BCUT2D eigenvalue weighted by molar-refractivity contribution is -0.147. The van der Waals surface area contributed by atoms with Gasteiger partial charge in [-0.05, 0) is 25.7 Å². The fraction of sp³-hybridized carbons (Fsp3) is 0.818. The number of likely N-dealkylation sites (tertiary alicyclic amines) is 1. The number of nitrogens with two attached hydrogens (primary N) is 2. The molecule has 6 heteroatoms. The molecule has 1 saturated heterocycles. The van der Waals surface area contributed by atoms with Gasteiger partial charge in [0, 0.05) is 18.6 Å². The van der Waals surface area contributed by atoms with Gasteiger partial charge in [0.05, 0.1) is 12.0 Å². The first-order valence-corrected chi connectivity index (χ1v) is 6.05. The monoisotopic (exact) mass is 241 g/mol. The van der Waals surface area contributed by atoms with Crippen molar-refractivity contribution in [3.8, 4) is 0 Å². The summed E-state index contributed by atoms with van der Waals surface area (Å²) in [5.74, 6) is -1.52. The number of carboxylic acid groups (broad SMARTS) is 1. The Hall–Kier alpha value is -1.14. The lowest BCUT2D eigenvalue weighted by Gasteiger charge is -2.38. The normalized spacial score (nSPS) is 38.5. The summed E-state index contributed by atoms with van der Waals surface area (Å²) in [6.07, 6.45) is 2.50.